The molecule has 2 aliphatic rings. The number of rotatable bonds is 12. The second-order valence-corrected chi connectivity index (χ2v) is 11.2. The van der Waals surface area contributed by atoms with Crippen molar-refractivity contribution in [3.8, 4) is 17.2 Å². The molecule has 1 saturated heterocycles. The van der Waals surface area contributed by atoms with Crippen LogP contribution in [0.4, 0.5) is 14.5 Å². The monoisotopic (exact) mass is 608 g/mol. The van der Waals surface area contributed by atoms with E-state index in [1.165, 1.54) is 18.2 Å². The highest BCUT2D eigenvalue weighted by atomic mass is 19.1. The predicted octanol–water partition coefficient (Wildman–Crippen LogP) is 6.48. The number of carbonyl (C=O) groups excluding carboxylic acids is 1. The molecule has 1 unspecified atom stereocenters. The van der Waals surface area contributed by atoms with Gasteiger partial charge in [-0.2, -0.15) is 0 Å². The van der Waals surface area contributed by atoms with Gasteiger partial charge in [0.05, 0.1) is 19.1 Å². The van der Waals surface area contributed by atoms with E-state index in [4.69, 9.17) is 14.2 Å². The Labute approximate surface area is 255 Å². The largest absolute Gasteiger partial charge is 0.494 e. The smallest absolute Gasteiger partial charge is 0.309 e. The third kappa shape index (κ3) is 6.50. The number of carboxylic acids is 1. The fourth-order valence-electron chi connectivity index (χ4n) is 6.23. The minimum absolute atomic E-state index is 0.00261. The molecule has 0 saturated carbocycles. The van der Waals surface area contributed by atoms with Gasteiger partial charge in [-0.15, -0.1) is 0 Å². The van der Waals surface area contributed by atoms with Gasteiger partial charge < -0.3 is 24.6 Å². The van der Waals surface area contributed by atoms with E-state index in [1.54, 1.807) is 18.2 Å². The summed E-state index contributed by atoms with van der Waals surface area (Å²) < 4.78 is 45.6. The van der Waals surface area contributed by atoms with Gasteiger partial charge in [0.1, 0.15) is 11.6 Å². The molecule has 0 bridgehead atoms. The van der Waals surface area contributed by atoms with Gasteiger partial charge in [-0.1, -0.05) is 39.3 Å². The van der Waals surface area contributed by atoms with E-state index in [0.29, 0.717) is 53.1 Å². The Kier molecular flexibility index (Phi) is 9.68. The fraction of sp³-hybridized carbons (Fsp3) is 0.412. The number of halogens is 2. The van der Waals surface area contributed by atoms with E-state index in [2.05, 4.69) is 12.2 Å². The summed E-state index contributed by atoms with van der Waals surface area (Å²) in [5.74, 6) is -3.17. The lowest BCUT2D eigenvalue weighted by Gasteiger charge is -2.27. The second-order valence-electron chi connectivity index (χ2n) is 11.2. The zero-order chi connectivity index (χ0) is 31.4. The first-order valence-electron chi connectivity index (χ1n) is 15.1. The van der Waals surface area contributed by atoms with Gasteiger partial charge in [0, 0.05) is 24.2 Å². The number of anilines is 1. The highest BCUT2D eigenvalue weighted by Crippen LogP contribution is 2.48. The maximum atomic E-state index is 15.0. The number of fused-ring (bicyclic) bond motifs is 1. The van der Waals surface area contributed by atoms with Crippen molar-refractivity contribution in [2.24, 2.45) is 5.92 Å². The van der Waals surface area contributed by atoms with Gasteiger partial charge in [0.2, 0.25) is 18.4 Å². The standard InChI is InChI=1S/C34H38F2N2O6/c1-4-7-12-42-25-10-8-22(9-11-25)32-30(34(40)41)26(23-15-27(36)33-28(16-23)43-19-44-33)17-38(32)18-29(39)37-31-20(5-2)13-24(35)14-21(31)6-3/h8-11,13-16,26,30,32H,4-7,12,17-19H2,1-3H3,(H,37,39)(H,40,41)/t26-,30?,32+/m1/s1. The number of benzene rings is 3. The quantitative estimate of drug-likeness (QED) is 0.227. The Balaban J connectivity index is 1.48. The third-order valence-electron chi connectivity index (χ3n) is 8.39. The van der Waals surface area contributed by atoms with Gasteiger partial charge >= 0.3 is 5.97 Å². The minimum Gasteiger partial charge on any atom is -0.494 e. The highest BCUT2D eigenvalue weighted by molar-refractivity contribution is 5.94. The number of carboxylic acid groups (broad SMARTS) is 1. The number of ether oxygens (including phenoxy) is 3. The molecule has 10 heteroatoms. The molecular weight excluding hydrogens is 570 g/mol. The summed E-state index contributed by atoms with van der Waals surface area (Å²) in [6, 6.07) is 12.3. The van der Waals surface area contributed by atoms with E-state index in [0.717, 1.165) is 12.8 Å². The summed E-state index contributed by atoms with van der Waals surface area (Å²) in [5, 5.41) is 13.5. The van der Waals surface area contributed by atoms with Crippen molar-refractivity contribution in [2.75, 3.05) is 31.8 Å². The number of carbonyl (C=O) groups is 2. The lowest BCUT2D eigenvalue weighted by molar-refractivity contribution is -0.143. The molecule has 2 aliphatic heterocycles. The van der Waals surface area contributed by atoms with Crippen molar-refractivity contribution < 1.29 is 37.7 Å². The fourth-order valence-corrected chi connectivity index (χ4v) is 6.23. The molecule has 3 aromatic carbocycles. The molecule has 2 N–H and O–H groups in total. The summed E-state index contributed by atoms with van der Waals surface area (Å²) in [5.41, 5.74) is 3.09. The first-order valence-corrected chi connectivity index (χ1v) is 15.1. The van der Waals surface area contributed by atoms with Crippen molar-refractivity contribution in [2.45, 2.75) is 58.4 Å². The number of amides is 1. The number of unbranched alkanes of at least 4 members (excludes halogenated alkanes) is 1. The van der Waals surface area contributed by atoms with Crippen LogP contribution in [-0.4, -0.2) is 48.4 Å². The lowest BCUT2D eigenvalue weighted by Crippen LogP contribution is -2.35. The molecule has 1 fully saturated rings. The first kappa shape index (κ1) is 31.3. The Bertz CT molecular complexity index is 1490. The normalized spacial score (nSPS) is 19.2. The molecule has 0 radical (unpaired) electrons. The topological polar surface area (TPSA) is 97.3 Å². The Morgan fingerprint density at radius 3 is 2.34 bits per heavy atom. The molecule has 5 rings (SSSR count). The van der Waals surface area contributed by atoms with E-state index >= 15 is 0 Å². The van der Waals surface area contributed by atoms with Crippen molar-refractivity contribution in [3.63, 3.8) is 0 Å². The van der Waals surface area contributed by atoms with Crippen LogP contribution in [0, 0.1) is 17.6 Å². The number of nitrogens with one attached hydrogen (secondary N) is 1. The molecule has 2 heterocycles. The Morgan fingerprint density at radius 1 is 1.00 bits per heavy atom. The number of hydrogen-bond donors (Lipinski definition) is 2. The summed E-state index contributed by atoms with van der Waals surface area (Å²) in [7, 11) is 0. The predicted molar refractivity (Wildman–Crippen MR) is 161 cm³/mol. The third-order valence-corrected chi connectivity index (χ3v) is 8.39. The Morgan fingerprint density at radius 2 is 1.70 bits per heavy atom. The van der Waals surface area contributed by atoms with E-state index in [1.807, 2.05) is 30.9 Å². The molecular formula is C34H38F2N2O6. The molecule has 0 spiro atoms. The number of hydrogen-bond acceptors (Lipinski definition) is 6. The SMILES string of the molecule is CCCCOc1ccc([C@H]2C(C(=O)O)[C@@H](c3cc(F)c4c(c3)OCO4)CN2CC(=O)Nc2c(CC)cc(F)cc2CC)cc1. The van der Waals surface area contributed by atoms with Crippen LogP contribution in [0.3, 0.4) is 0 Å². The molecule has 0 aliphatic carbocycles. The number of aliphatic carboxylic acids is 1. The Hall–Kier alpha value is -4.18. The maximum absolute atomic E-state index is 15.0. The molecule has 8 nitrogen and oxygen atoms in total. The van der Waals surface area contributed by atoms with Crippen LogP contribution in [0.1, 0.15) is 67.8 Å². The van der Waals surface area contributed by atoms with Crippen LogP contribution in [-0.2, 0) is 22.4 Å². The molecule has 234 valence electrons. The second kappa shape index (κ2) is 13.6. The molecule has 1 amide bonds. The number of nitrogens with zero attached hydrogens (tertiary/aromatic N) is 1. The van der Waals surface area contributed by atoms with Crippen LogP contribution in [0.2, 0.25) is 0 Å². The van der Waals surface area contributed by atoms with E-state index in [-0.39, 0.29) is 43.1 Å². The average Bonchev–Trinajstić information content (AvgIpc) is 3.64. The van der Waals surface area contributed by atoms with E-state index < -0.39 is 29.7 Å². The molecule has 3 atom stereocenters. The minimum atomic E-state index is -1.07. The molecule has 3 aromatic rings. The summed E-state index contributed by atoms with van der Waals surface area (Å²) >= 11 is 0. The average molecular weight is 609 g/mol. The summed E-state index contributed by atoms with van der Waals surface area (Å²) in [4.78, 5) is 28.3. The zero-order valence-corrected chi connectivity index (χ0v) is 25.2. The van der Waals surface area contributed by atoms with Crippen molar-refractivity contribution in [1.82, 2.24) is 4.90 Å². The van der Waals surface area contributed by atoms with Crippen molar-refractivity contribution in [3.05, 3.63) is 82.4 Å². The zero-order valence-electron chi connectivity index (χ0n) is 25.2. The first-order chi connectivity index (χ1) is 21.2. The van der Waals surface area contributed by atoms with Crippen LogP contribution >= 0.6 is 0 Å². The van der Waals surface area contributed by atoms with Gasteiger partial charge in [-0.3, -0.25) is 14.5 Å². The lowest BCUT2D eigenvalue weighted by atomic mass is 9.82. The molecule has 0 aromatic heterocycles. The van der Waals surface area contributed by atoms with Gasteiger partial charge in [0.25, 0.3) is 0 Å². The number of aryl methyl sites for hydroxylation is 2. The molecule has 44 heavy (non-hydrogen) atoms. The highest BCUT2D eigenvalue weighted by Gasteiger charge is 2.48. The van der Waals surface area contributed by atoms with Crippen molar-refractivity contribution in [1.29, 1.82) is 0 Å². The summed E-state index contributed by atoms with van der Waals surface area (Å²) in [6.07, 6.45) is 2.96. The van der Waals surface area contributed by atoms with Gasteiger partial charge in [-0.25, -0.2) is 8.78 Å². The maximum Gasteiger partial charge on any atom is 0.309 e. The van der Waals surface area contributed by atoms with Gasteiger partial charge in [-0.05, 0) is 77.9 Å². The van der Waals surface area contributed by atoms with E-state index in [9.17, 15) is 23.5 Å². The van der Waals surface area contributed by atoms with Crippen LogP contribution in [0.5, 0.6) is 17.2 Å². The summed E-state index contributed by atoms with van der Waals surface area (Å²) in [6.45, 7) is 6.36. The van der Waals surface area contributed by atoms with Crippen molar-refractivity contribution >= 4 is 17.6 Å². The van der Waals surface area contributed by atoms with Crippen LogP contribution in [0.15, 0.2) is 48.5 Å². The number of likely N-dealkylation sites (tertiary alicyclic amines) is 1. The van der Waals surface area contributed by atoms with Crippen LogP contribution in [0.25, 0.3) is 0 Å². The van der Waals surface area contributed by atoms with Crippen LogP contribution < -0.4 is 19.5 Å². The van der Waals surface area contributed by atoms with Gasteiger partial charge in [0.15, 0.2) is 11.6 Å².